The number of aryl methyl sites for hydroxylation is 3. The molecule has 1 aliphatic heterocycles. The monoisotopic (exact) mass is 462 g/mol. The van der Waals surface area contributed by atoms with Gasteiger partial charge in [-0.15, -0.1) is 11.3 Å². The fraction of sp³-hybridized carbons (Fsp3) is 0.346. The molecule has 0 bridgehead atoms. The molecule has 0 spiro atoms. The van der Waals surface area contributed by atoms with Crippen molar-refractivity contribution < 1.29 is 9.59 Å². The zero-order valence-electron chi connectivity index (χ0n) is 19.4. The van der Waals surface area contributed by atoms with Gasteiger partial charge in [0.05, 0.1) is 17.2 Å². The smallest absolute Gasteiger partial charge is 0.238 e. The first kappa shape index (κ1) is 23.1. The molecule has 3 aromatic rings. The summed E-state index contributed by atoms with van der Waals surface area (Å²) in [6.45, 7) is 7.84. The van der Waals surface area contributed by atoms with Gasteiger partial charge in [0, 0.05) is 28.2 Å². The fourth-order valence-corrected chi connectivity index (χ4v) is 4.92. The van der Waals surface area contributed by atoms with Gasteiger partial charge in [-0.2, -0.15) is 0 Å². The molecule has 1 aliphatic rings. The van der Waals surface area contributed by atoms with Crippen molar-refractivity contribution in [2.75, 3.05) is 30.3 Å². The molecule has 7 heteroatoms. The van der Waals surface area contributed by atoms with E-state index in [4.69, 9.17) is 0 Å². The van der Waals surface area contributed by atoms with E-state index in [1.165, 1.54) is 0 Å². The minimum absolute atomic E-state index is 0.0167. The van der Waals surface area contributed by atoms with E-state index in [-0.39, 0.29) is 17.7 Å². The number of benzene rings is 2. The van der Waals surface area contributed by atoms with Crippen molar-refractivity contribution in [1.29, 1.82) is 0 Å². The highest BCUT2D eigenvalue weighted by atomic mass is 32.1. The second-order valence-corrected chi connectivity index (χ2v) is 9.86. The Morgan fingerprint density at radius 3 is 2.39 bits per heavy atom. The van der Waals surface area contributed by atoms with Crippen LogP contribution in [0.4, 0.5) is 11.4 Å². The molecule has 2 aromatic carbocycles. The van der Waals surface area contributed by atoms with Crippen LogP contribution in [-0.4, -0.2) is 41.3 Å². The highest BCUT2D eigenvalue weighted by molar-refractivity contribution is 7.09. The number of piperidine rings is 1. The molecule has 2 heterocycles. The van der Waals surface area contributed by atoms with Crippen LogP contribution in [0.1, 0.15) is 29.0 Å². The predicted molar refractivity (Wildman–Crippen MR) is 135 cm³/mol. The molecule has 172 valence electrons. The van der Waals surface area contributed by atoms with Crippen LogP contribution in [0.15, 0.2) is 47.8 Å². The van der Waals surface area contributed by atoms with Crippen LogP contribution < -0.4 is 10.6 Å². The van der Waals surface area contributed by atoms with E-state index in [9.17, 15) is 9.59 Å². The maximum atomic E-state index is 12.8. The van der Waals surface area contributed by atoms with Gasteiger partial charge in [-0.1, -0.05) is 18.2 Å². The molecule has 1 fully saturated rings. The zero-order chi connectivity index (χ0) is 23.4. The molecule has 33 heavy (non-hydrogen) atoms. The second-order valence-electron chi connectivity index (χ2n) is 8.80. The predicted octanol–water partition coefficient (Wildman–Crippen LogP) is 5.02. The lowest BCUT2D eigenvalue weighted by Gasteiger charge is -2.30. The Bertz CT molecular complexity index is 1130. The first-order valence-corrected chi connectivity index (χ1v) is 12.2. The number of thiazole rings is 1. The van der Waals surface area contributed by atoms with Crippen molar-refractivity contribution >= 4 is 34.5 Å². The summed E-state index contributed by atoms with van der Waals surface area (Å²) in [5, 5.41) is 9.11. The number of hydrogen-bond donors (Lipinski definition) is 2. The number of carbonyl (C=O) groups is 2. The lowest BCUT2D eigenvalue weighted by Crippen LogP contribution is -2.41. The number of likely N-dealkylation sites (tertiary alicyclic amines) is 1. The van der Waals surface area contributed by atoms with Crippen molar-refractivity contribution in [2.45, 2.75) is 33.6 Å². The molecule has 0 radical (unpaired) electrons. The number of anilines is 2. The normalized spacial score (nSPS) is 14.8. The third-order valence-corrected chi connectivity index (χ3v) is 6.65. The SMILES string of the molecule is Cc1cc(C)cc(NC(=O)CN2CCC(C(=O)Nc3cccc(-c4csc(C)n4)c3)CC2)c1. The molecule has 1 aromatic heterocycles. The van der Waals surface area contributed by atoms with E-state index in [2.05, 4.69) is 26.6 Å². The number of carbonyl (C=O) groups excluding carboxylic acids is 2. The summed E-state index contributed by atoms with van der Waals surface area (Å²) in [6.07, 6.45) is 1.49. The minimum atomic E-state index is -0.0473. The Labute approximate surface area is 199 Å². The number of nitrogens with zero attached hydrogens (tertiary/aromatic N) is 2. The van der Waals surface area contributed by atoms with Crippen LogP contribution >= 0.6 is 11.3 Å². The molecule has 4 rings (SSSR count). The summed E-state index contributed by atoms with van der Waals surface area (Å²) in [5.41, 5.74) is 5.82. The quantitative estimate of drug-likeness (QED) is 0.539. The Morgan fingerprint density at radius 1 is 1.00 bits per heavy atom. The average molecular weight is 463 g/mol. The third-order valence-electron chi connectivity index (χ3n) is 5.88. The van der Waals surface area contributed by atoms with Crippen LogP contribution in [0.2, 0.25) is 0 Å². The molecule has 0 aliphatic carbocycles. The number of amides is 2. The highest BCUT2D eigenvalue weighted by Gasteiger charge is 2.26. The van der Waals surface area contributed by atoms with E-state index in [1.54, 1.807) is 11.3 Å². The van der Waals surface area contributed by atoms with Gasteiger partial charge in [0.15, 0.2) is 0 Å². The Kier molecular flexibility index (Phi) is 7.20. The largest absolute Gasteiger partial charge is 0.326 e. The summed E-state index contributed by atoms with van der Waals surface area (Å²) >= 11 is 1.62. The van der Waals surface area contributed by atoms with Crippen molar-refractivity contribution in [3.63, 3.8) is 0 Å². The van der Waals surface area contributed by atoms with Gasteiger partial charge >= 0.3 is 0 Å². The molecule has 2 N–H and O–H groups in total. The van der Waals surface area contributed by atoms with Crippen LogP contribution in [-0.2, 0) is 9.59 Å². The summed E-state index contributed by atoms with van der Waals surface area (Å²) in [6, 6.07) is 13.9. The van der Waals surface area contributed by atoms with Gasteiger partial charge in [-0.3, -0.25) is 14.5 Å². The van der Waals surface area contributed by atoms with Crippen LogP contribution in [0, 0.1) is 26.7 Å². The van der Waals surface area contributed by atoms with Gasteiger partial charge in [0.2, 0.25) is 11.8 Å². The van der Waals surface area contributed by atoms with E-state index in [0.717, 1.165) is 64.7 Å². The number of aromatic nitrogens is 1. The lowest BCUT2D eigenvalue weighted by atomic mass is 9.95. The van der Waals surface area contributed by atoms with Crippen molar-refractivity contribution in [2.24, 2.45) is 5.92 Å². The van der Waals surface area contributed by atoms with Gasteiger partial charge in [0.25, 0.3) is 0 Å². The van der Waals surface area contributed by atoms with Gasteiger partial charge < -0.3 is 10.6 Å². The molecule has 0 saturated carbocycles. The Balaban J connectivity index is 1.26. The molecule has 6 nitrogen and oxygen atoms in total. The Morgan fingerprint density at radius 2 is 1.73 bits per heavy atom. The maximum Gasteiger partial charge on any atom is 0.238 e. The summed E-state index contributed by atoms with van der Waals surface area (Å²) in [5.74, 6) is -0.0214. The summed E-state index contributed by atoms with van der Waals surface area (Å²) in [4.78, 5) is 31.9. The fourth-order valence-electron chi connectivity index (χ4n) is 4.30. The average Bonchev–Trinajstić information content (AvgIpc) is 3.20. The molecular weight excluding hydrogens is 432 g/mol. The van der Waals surface area contributed by atoms with Crippen molar-refractivity contribution in [3.05, 3.63) is 64.0 Å². The van der Waals surface area contributed by atoms with Crippen LogP contribution in [0.3, 0.4) is 0 Å². The standard InChI is InChI=1S/C26H30N4O2S/c1-17-11-18(2)13-23(12-17)28-25(31)15-30-9-7-20(8-10-30)26(32)29-22-6-4-5-21(14-22)24-16-33-19(3)27-24/h4-6,11-14,16,20H,7-10,15H2,1-3H3,(H,28,31)(H,29,32). The first-order valence-electron chi connectivity index (χ1n) is 11.3. The van der Waals surface area contributed by atoms with E-state index >= 15 is 0 Å². The number of rotatable bonds is 6. The maximum absolute atomic E-state index is 12.8. The van der Waals surface area contributed by atoms with E-state index in [1.807, 2.05) is 62.5 Å². The molecular formula is C26H30N4O2S. The van der Waals surface area contributed by atoms with Crippen LogP contribution in [0.5, 0.6) is 0 Å². The number of nitrogens with one attached hydrogen (secondary N) is 2. The van der Waals surface area contributed by atoms with Gasteiger partial charge in [0.1, 0.15) is 0 Å². The minimum Gasteiger partial charge on any atom is -0.326 e. The number of hydrogen-bond acceptors (Lipinski definition) is 5. The third kappa shape index (κ3) is 6.27. The van der Waals surface area contributed by atoms with Crippen molar-refractivity contribution in [3.8, 4) is 11.3 Å². The zero-order valence-corrected chi connectivity index (χ0v) is 20.2. The van der Waals surface area contributed by atoms with Gasteiger partial charge in [-0.05, 0) is 82.1 Å². The van der Waals surface area contributed by atoms with Crippen LogP contribution in [0.25, 0.3) is 11.3 Å². The summed E-state index contributed by atoms with van der Waals surface area (Å²) in [7, 11) is 0. The van der Waals surface area contributed by atoms with E-state index in [0.29, 0.717) is 6.54 Å². The second kappa shape index (κ2) is 10.3. The van der Waals surface area contributed by atoms with E-state index < -0.39 is 0 Å². The molecule has 0 atom stereocenters. The van der Waals surface area contributed by atoms with Gasteiger partial charge in [-0.25, -0.2) is 4.98 Å². The molecule has 1 saturated heterocycles. The lowest BCUT2D eigenvalue weighted by molar-refractivity contribution is -0.121. The topological polar surface area (TPSA) is 74.3 Å². The molecule has 0 unspecified atom stereocenters. The summed E-state index contributed by atoms with van der Waals surface area (Å²) < 4.78 is 0. The Hall–Kier alpha value is -3.03. The van der Waals surface area contributed by atoms with Crippen molar-refractivity contribution in [1.82, 2.24) is 9.88 Å². The highest BCUT2D eigenvalue weighted by Crippen LogP contribution is 2.25. The molecule has 2 amide bonds. The first-order chi connectivity index (χ1) is 15.9.